The van der Waals surface area contributed by atoms with E-state index in [1.54, 1.807) is 23.8 Å². The monoisotopic (exact) mass is 420 g/mol. The molecule has 0 aliphatic heterocycles. The molecule has 3 aromatic carbocycles. The minimum Gasteiger partial charge on any atom is -0.497 e. The van der Waals surface area contributed by atoms with Gasteiger partial charge < -0.3 is 4.74 Å². The SMILES string of the molecule is COc1ccc2sc(N(Cc3ccccc3)C(=O)c3ccccc3SC)nc2c1. The minimum atomic E-state index is -0.0511. The van der Waals surface area contributed by atoms with Crippen molar-refractivity contribution in [2.45, 2.75) is 11.4 Å². The fraction of sp³-hybridized carbons (Fsp3) is 0.130. The first-order valence-electron chi connectivity index (χ1n) is 9.13. The van der Waals surface area contributed by atoms with Gasteiger partial charge in [-0.15, -0.1) is 11.8 Å². The summed E-state index contributed by atoms with van der Waals surface area (Å²) in [6, 6.07) is 23.5. The van der Waals surface area contributed by atoms with E-state index in [2.05, 4.69) is 0 Å². The summed E-state index contributed by atoms with van der Waals surface area (Å²) in [7, 11) is 1.64. The number of carbonyl (C=O) groups excluding carboxylic acids is 1. The predicted octanol–water partition coefficient (Wildman–Crippen LogP) is 5.87. The van der Waals surface area contributed by atoms with Gasteiger partial charge in [0.25, 0.3) is 5.91 Å². The molecule has 4 aromatic rings. The molecule has 0 atom stereocenters. The summed E-state index contributed by atoms with van der Waals surface area (Å²) in [5, 5.41) is 0.679. The quantitative estimate of drug-likeness (QED) is 0.366. The fourth-order valence-corrected chi connectivity index (χ4v) is 4.63. The Morgan fingerprint density at radius 2 is 1.83 bits per heavy atom. The van der Waals surface area contributed by atoms with Gasteiger partial charge in [-0.2, -0.15) is 0 Å². The number of hydrogen-bond acceptors (Lipinski definition) is 5. The molecule has 146 valence electrons. The summed E-state index contributed by atoms with van der Waals surface area (Å²) in [6.45, 7) is 0.458. The van der Waals surface area contributed by atoms with E-state index in [1.165, 1.54) is 11.3 Å². The topological polar surface area (TPSA) is 42.4 Å². The number of anilines is 1. The Labute approximate surface area is 178 Å². The van der Waals surface area contributed by atoms with E-state index in [-0.39, 0.29) is 5.91 Å². The number of thiazole rings is 1. The Morgan fingerprint density at radius 1 is 1.07 bits per heavy atom. The number of fused-ring (bicyclic) bond motifs is 1. The van der Waals surface area contributed by atoms with Crippen molar-refractivity contribution in [1.82, 2.24) is 4.98 Å². The average molecular weight is 421 g/mol. The molecule has 0 spiro atoms. The smallest absolute Gasteiger partial charge is 0.261 e. The van der Waals surface area contributed by atoms with Gasteiger partial charge in [0.05, 0.1) is 29.4 Å². The molecule has 0 unspecified atom stereocenters. The highest BCUT2D eigenvalue weighted by Gasteiger charge is 2.23. The van der Waals surface area contributed by atoms with Crippen LogP contribution in [0.1, 0.15) is 15.9 Å². The Kier molecular flexibility index (Phi) is 5.83. The van der Waals surface area contributed by atoms with Gasteiger partial charge in [-0.25, -0.2) is 4.98 Å². The number of rotatable bonds is 6. The van der Waals surface area contributed by atoms with Crippen molar-refractivity contribution >= 4 is 44.4 Å². The largest absolute Gasteiger partial charge is 0.497 e. The van der Waals surface area contributed by atoms with Crippen LogP contribution in [0.5, 0.6) is 5.75 Å². The van der Waals surface area contributed by atoms with Crippen molar-refractivity contribution in [2.24, 2.45) is 0 Å². The third kappa shape index (κ3) is 4.13. The molecule has 1 heterocycles. The molecule has 1 amide bonds. The van der Waals surface area contributed by atoms with Gasteiger partial charge in [-0.05, 0) is 36.1 Å². The number of ether oxygens (including phenoxy) is 1. The maximum absolute atomic E-state index is 13.6. The molecule has 29 heavy (non-hydrogen) atoms. The lowest BCUT2D eigenvalue weighted by Crippen LogP contribution is -2.30. The predicted molar refractivity (Wildman–Crippen MR) is 121 cm³/mol. The Hall–Kier alpha value is -2.83. The van der Waals surface area contributed by atoms with E-state index in [0.29, 0.717) is 17.2 Å². The third-order valence-corrected chi connectivity index (χ3v) is 6.44. The third-order valence-electron chi connectivity index (χ3n) is 4.58. The molecule has 1 aromatic heterocycles. The van der Waals surface area contributed by atoms with E-state index < -0.39 is 0 Å². The number of hydrogen-bond donors (Lipinski definition) is 0. The zero-order chi connectivity index (χ0) is 20.2. The van der Waals surface area contributed by atoms with Crippen LogP contribution in [0, 0.1) is 0 Å². The van der Waals surface area contributed by atoms with Crippen molar-refractivity contribution in [3.63, 3.8) is 0 Å². The zero-order valence-electron chi connectivity index (χ0n) is 16.2. The Bertz CT molecular complexity index is 1140. The highest BCUT2D eigenvalue weighted by atomic mass is 32.2. The summed E-state index contributed by atoms with van der Waals surface area (Å²) in [5.41, 5.74) is 2.57. The van der Waals surface area contributed by atoms with Gasteiger partial charge in [-0.1, -0.05) is 53.8 Å². The van der Waals surface area contributed by atoms with Gasteiger partial charge in [-0.3, -0.25) is 9.69 Å². The number of carbonyl (C=O) groups is 1. The van der Waals surface area contributed by atoms with Gasteiger partial charge in [0.15, 0.2) is 5.13 Å². The number of nitrogens with zero attached hydrogens (tertiary/aromatic N) is 2. The highest BCUT2D eigenvalue weighted by molar-refractivity contribution is 7.98. The lowest BCUT2D eigenvalue weighted by Gasteiger charge is -2.21. The summed E-state index contributed by atoms with van der Waals surface area (Å²) in [5.74, 6) is 0.702. The first-order chi connectivity index (χ1) is 14.2. The van der Waals surface area contributed by atoms with E-state index in [1.807, 2.05) is 79.1 Å². The Balaban J connectivity index is 1.79. The molecule has 4 rings (SSSR count). The van der Waals surface area contributed by atoms with Crippen LogP contribution in [-0.4, -0.2) is 24.3 Å². The minimum absolute atomic E-state index is 0.0511. The summed E-state index contributed by atoms with van der Waals surface area (Å²) in [4.78, 5) is 21.1. The van der Waals surface area contributed by atoms with E-state index in [4.69, 9.17) is 9.72 Å². The number of methoxy groups -OCH3 is 1. The lowest BCUT2D eigenvalue weighted by atomic mass is 10.1. The second kappa shape index (κ2) is 8.68. The molecule has 4 nitrogen and oxygen atoms in total. The van der Waals surface area contributed by atoms with Crippen molar-refractivity contribution in [3.05, 3.63) is 83.9 Å². The Morgan fingerprint density at radius 3 is 2.59 bits per heavy atom. The molecule has 0 radical (unpaired) electrons. The average Bonchev–Trinajstić information content (AvgIpc) is 3.20. The summed E-state index contributed by atoms with van der Waals surface area (Å²) < 4.78 is 6.33. The van der Waals surface area contributed by atoms with Crippen LogP contribution in [0.2, 0.25) is 0 Å². The molecule has 0 saturated carbocycles. The summed E-state index contributed by atoms with van der Waals surface area (Å²) in [6.07, 6.45) is 1.98. The lowest BCUT2D eigenvalue weighted by molar-refractivity contribution is 0.0982. The normalized spacial score (nSPS) is 10.8. The molecular formula is C23H20N2O2S2. The molecule has 0 fully saturated rings. The van der Waals surface area contributed by atoms with Crippen LogP contribution in [-0.2, 0) is 6.54 Å². The molecular weight excluding hydrogens is 400 g/mol. The molecule has 0 aliphatic carbocycles. The van der Waals surface area contributed by atoms with Crippen molar-refractivity contribution < 1.29 is 9.53 Å². The number of aromatic nitrogens is 1. The van der Waals surface area contributed by atoms with E-state index in [0.717, 1.165) is 26.4 Å². The van der Waals surface area contributed by atoms with E-state index >= 15 is 0 Å². The van der Waals surface area contributed by atoms with Crippen molar-refractivity contribution in [2.75, 3.05) is 18.3 Å². The van der Waals surface area contributed by atoms with Gasteiger partial charge >= 0.3 is 0 Å². The van der Waals surface area contributed by atoms with Gasteiger partial charge in [0.2, 0.25) is 0 Å². The number of benzene rings is 3. The van der Waals surface area contributed by atoms with Crippen LogP contribution >= 0.6 is 23.1 Å². The first-order valence-corrected chi connectivity index (χ1v) is 11.2. The number of thioether (sulfide) groups is 1. The first kappa shape index (κ1) is 19.5. The maximum atomic E-state index is 13.6. The van der Waals surface area contributed by atoms with Gasteiger partial charge in [0, 0.05) is 11.0 Å². The van der Waals surface area contributed by atoms with Crippen LogP contribution in [0.4, 0.5) is 5.13 Å². The van der Waals surface area contributed by atoms with Crippen LogP contribution in [0.25, 0.3) is 10.2 Å². The molecule has 0 aliphatic rings. The van der Waals surface area contributed by atoms with Gasteiger partial charge in [0.1, 0.15) is 5.75 Å². The molecule has 0 bridgehead atoms. The highest BCUT2D eigenvalue weighted by Crippen LogP contribution is 2.33. The number of amides is 1. The van der Waals surface area contributed by atoms with E-state index in [9.17, 15) is 4.79 Å². The molecule has 6 heteroatoms. The van der Waals surface area contributed by atoms with Crippen molar-refractivity contribution in [1.29, 1.82) is 0 Å². The van der Waals surface area contributed by atoms with Crippen LogP contribution in [0.15, 0.2) is 77.7 Å². The second-order valence-electron chi connectivity index (χ2n) is 6.41. The summed E-state index contributed by atoms with van der Waals surface area (Å²) >= 11 is 3.08. The van der Waals surface area contributed by atoms with Crippen molar-refractivity contribution in [3.8, 4) is 5.75 Å². The standard InChI is InChI=1S/C23H20N2O2S2/c1-27-17-12-13-21-19(14-17)24-23(29-21)25(15-16-8-4-3-5-9-16)22(26)18-10-6-7-11-20(18)28-2/h3-14H,15H2,1-2H3. The fourth-order valence-electron chi connectivity index (χ4n) is 3.10. The molecule has 0 N–H and O–H groups in total. The second-order valence-corrected chi connectivity index (χ2v) is 8.26. The molecule has 0 saturated heterocycles. The zero-order valence-corrected chi connectivity index (χ0v) is 17.8. The maximum Gasteiger partial charge on any atom is 0.261 e. The van der Waals surface area contributed by atoms with Crippen LogP contribution in [0.3, 0.4) is 0 Å². The van der Waals surface area contributed by atoms with Crippen LogP contribution < -0.4 is 9.64 Å².